The second-order valence-electron chi connectivity index (χ2n) is 2.72. The molecule has 0 aliphatic heterocycles. The first-order chi connectivity index (χ1) is 7.91. The molecule has 0 aliphatic rings. The van der Waals surface area contributed by atoms with E-state index in [0.29, 0.717) is 4.36 Å². The zero-order chi connectivity index (χ0) is 13.0. The molecule has 1 aromatic rings. The third-order valence-electron chi connectivity index (χ3n) is 1.55. The van der Waals surface area contributed by atoms with E-state index in [9.17, 15) is 0 Å². The third-order valence-corrected chi connectivity index (χ3v) is 5.03. The van der Waals surface area contributed by atoms with Crippen LogP contribution in [0.1, 0.15) is 0 Å². The standard InChI is InChI=1S/C10H4BrCl5S/c11-5-1-3-6(4-2-5)17-10(16)8(13)7(12)9(14)15/h1-4H/b10-8+. The molecule has 1 aromatic carbocycles. The van der Waals surface area contributed by atoms with Crippen molar-refractivity contribution in [2.45, 2.75) is 4.90 Å². The summed E-state index contributed by atoms with van der Waals surface area (Å²) in [6.07, 6.45) is 0. The smallest absolute Gasteiger partial charge is 0.0804 e. The predicted octanol–water partition coefficient (Wildman–Crippen LogP) is 7.07. The second kappa shape index (κ2) is 7.54. The van der Waals surface area contributed by atoms with Gasteiger partial charge in [-0.05, 0) is 24.3 Å². The van der Waals surface area contributed by atoms with Gasteiger partial charge in [0.25, 0.3) is 0 Å². The van der Waals surface area contributed by atoms with E-state index >= 15 is 0 Å². The highest BCUT2D eigenvalue weighted by Gasteiger charge is 2.11. The lowest BCUT2D eigenvalue weighted by Gasteiger charge is -2.03. The average Bonchev–Trinajstić information content (AvgIpc) is 2.30. The zero-order valence-corrected chi connectivity index (χ0v) is 14.2. The molecule has 17 heavy (non-hydrogen) atoms. The van der Waals surface area contributed by atoms with E-state index in [4.69, 9.17) is 58.0 Å². The minimum Gasteiger partial charge on any atom is -0.0804 e. The van der Waals surface area contributed by atoms with Crippen LogP contribution < -0.4 is 0 Å². The van der Waals surface area contributed by atoms with Gasteiger partial charge in [-0.3, -0.25) is 0 Å². The monoisotopic (exact) mass is 410 g/mol. The molecule has 0 saturated heterocycles. The van der Waals surface area contributed by atoms with Gasteiger partial charge in [0.1, 0.15) is 4.49 Å². The van der Waals surface area contributed by atoms with Crippen molar-refractivity contribution >= 4 is 85.7 Å². The number of benzene rings is 1. The molecule has 0 aromatic heterocycles. The summed E-state index contributed by atoms with van der Waals surface area (Å²) in [7, 11) is 0. The van der Waals surface area contributed by atoms with Crippen molar-refractivity contribution in [3.8, 4) is 0 Å². The van der Waals surface area contributed by atoms with Crippen LogP contribution in [0, 0.1) is 0 Å². The van der Waals surface area contributed by atoms with E-state index in [0.717, 1.165) is 9.37 Å². The van der Waals surface area contributed by atoms with Crippen LogP contribution in [-0.2, 0) is 0 Å². The number of allylic oxidation sites excluding steroid dienone is 2. The summed E-state index contributed by atoms with van der Waals surface area (Å²) in [6.45, 7) is 0. The van der Waals surface area contributed by atoms with Crippen molar-refractivity contribution in [1.82, 2.24) is 0 Å². The maximum Gasteiger partial charge on any atom is 0.127 e. The van der Waals surface area contributed by atoms with Gasteiger partial charge in [-0.1, -0.05) is 85.7 Å². The molecule has 0 N–H and O–H groups in total. The first-order valence-electron chi connectivity index (χ1n) is 4.11. The van der Waals surface area contributed by atoms with Gasteiger partial charge in [0, 0.05) is 9.37 Å². The molecular formula is C10H4BrCl5S. The average molecular weight is 413 g/mol. The maximum absolute atomic E-state index is 6.01. The lowest BCUT2D eigenvalue weighted by molar-refractivity contribution is 1.45. The fourth-order valence-electron chi connectivity index (χ4n) is 0.820. The van der Waals surface area contributed by atoms with E-state index in [-0.39, 0.29) is 14.6 Å². The fourth-order valence-corrected chi connectivity index (χ4v) is 2.81. The lowest BCUT2D eigenvalue weighted by Crippen LogP contribution is -1.78. The molecule has 0 aliphatic carbocycles. The molecule has 7 heteroatoms. The number of thioether (sulfide) groups is 1. The quantitative estimate of drug-likeness (QED) is 0.377. The molecule has 0 spiro atoms. The summed E-state index contributed by atoms with van der Waals surface area (Å²) < 4.78 is 1.17. The Labute approximate surface area is 137 Å². The maximum atomic E-state index is 6.01. The van der Waals surface area contributed by atoms with Crippen LogP contribution >= 0.6 is 85.7 Å². The number of hydrogen-bond donors (Lipinski definition) is 0. The molecule has 1 rings (SSSR count). The van der Waals surface area contributed by atoms with Gasteiger partial charge in [0.05, 0.1) is 14.4 Å². The lowest BCUT2D eigenvalue weighted by atomic mass is 10.4. The normalized spacial score (nSPS) is 12.1. The zero-order valence-electron chi connectivity index (χ0n) is 7.99. The number of hydrogen-bond acceptors (Lipinski definition) is 1. The molecule has 0 atom stereocenters. The van der Waals surface area contributed by atoms with E-state index < -0.39 is 0 Å². The predicted molar refractivity (Wildman–Crippen MR) is 83.3 cm³/mol. The van der Waals surface area contributed by atoms with Gasteiger partial charge < -0.3 is 0 Å². The molecule has 0 amide bonds. The van der Waals surface area contributed by atoms with Crippen LogP contribution in [0.25, 0.3) is 0 Å². The van der Waals surface area contributed by atoms with Crippen LogP contribution in [0.15, 0.2) is 52.6 Å². The highest BCUT2D eigenvalue weighted by Crippen LogP contribution is 2.39. The Balaban J connectivity index is 2.92. The molecule has 0 nitrogen and oxygen atoms in total. The summed E-state index contributed by atoms with van der Waals surface area (Å²) in [5.74, 6) is 0. The first-order valence-corrected chi connectivity index (χ1v) is 7.61. The van der Waals surface area contributed by atoms with Crippen LogP contribution in [0.3, 0.4) is 0 Å². The van der Waals surface area contributed by atoms with Gasteiger partial charge in [0.2, 0.25) is 0 Å². The third kappa shape index (κ3) is 5.23. The van der Waals surface area contributed by atoms with Gasteiger partial charge >= 0.3 is 0 Å². The van der Waals surface area contributed by atoms with Crippen molar-refractivity contribution in [3.63, 3.8) is 0 Å². The highest BCUT2D eigenvalue weighted by molar-refractivity contribution is 9.10. The van der Waals surface area contributed by atoms with E-state index in [1.165, 1.54) is 11.8 Å². The van der Waals surface area contributed by atoms with E-state index in [1.807, 2.05) is 24.3 Å². The Bertz CT molecular complexity index is 462. The highest BCUT2D eigenvalue weighted by atomic mass is 79.9. The van der Waals surface area contributed by atoms with Crippen LogP contribution in [-0.4, -0.2) is 0 Å². The molecule has 0 heterocycles. The molecule has 0 bridgehead atoms. The van der Waals surface area contributed by atoms with Crippen LogP contribution in [0.5, 0.6) is 0 Å². The van der Waals surface area contributed by atoms with Gasteiger partial charge in [-0.15, -0.1) is 0 Å². The van der Waals surface area contributed by atoms with Gasteiger partial charge in [0.15, 0.2) is 0 Å². The minimum atomic E-state index is -0.119. The van der Waals surface area contributed by atoms with Gasteiger partial charge in [-0.2, -0.15) is 0 Å². The molecule has 0 unspecified atom stereocenters. The Morgan fingerprint density at radius 1 is 0.882 bits per heavy atom. The number of rotatable bonds is 3. The Kier molecular flexibility index (Phi) is 7.11. The molecular weight excluding hydrogens is 409 g/mol. The van der Waals surface area contributed by atoms with Crippen LogP contribution in [0.2, 0.25) is 0 Å². The first kappa shape index (κ1) is 16.0. The Morgan fingerprint density at radius 3 is 1.88 bits per heavy atom. The van der Waals surface area contributed by atoms with E-state index in [2.05, 4.69) is 15.9 Å². The largest absolute Gasteiger partial charge is 0.127 e. The van der Waals surface area contributed by atoms with Crippen molar-refractivity contribution in [3.05, 3.63) is 47.7 Å². The molecule has 0 fully saturated rings. The van der Waals surface area contributed by atoms with E-state index in [1.54, 1.807) is 0 Å². The second-order valence-corrected chi connectivity index (χ2v) is 7.02. The minimum absolute atomic E-state index is 0.0320. The summed E-state index contributed by atoms with van der Waals surface area (Å²) in [4.78, 5) is 0.923. The van der Waals surface area contributed by atoms with Crippen LogP contribution in [0.4, 0.5) is 0 Å². The number of halogens is 6. The van der Waals surface area contributed by atoms with Crippen molar-refractivity contribution in [1.29, 1.82) is 0 Å². The molecule has 0 radical (unpaired) electrons. The summed E-state index contributed by atoms with van der Waals surface area (Å²) in [5, 5.41) is 0.158. The SMILES string of the molecule is ClC(Cl)=C(Cl)/C(Cl)=C(/Cl)Sc1ccc(Br)cc1. The molecule has 0 saturated carbocycles. The summed E-state index contributed by atoms with van der Waals surface area (Å²) in [6, 6.07) is 7.57. The topological polar surface area (TPSA) is 0 Å². The van der Waals surface area contributed by atoms with Gasteiger partial charge in [-0.25, -0.2) is 0 Å². The fraction of sp³-hybridized carbons (Fsp3) is 0. The van der Waals surface area contributed by atoms with Crippen molar-refractivity contribution in [2.75, 3.05) is 0 Å². The van der Waals surface area contributed by atoms with Crippen molar-refractivity contribution < 1.29 is 0 Å². The molecule has 92 valence electrons. The Hall–Kier alpha value is 0.980. The summed E-state index contributed by atoms with van der Waals surface area (Å²) >= 11 is 33.3. The summed E-state index contributed by atoms with van der Waals surface area (Å²) in [5.41, 5.74) is 0. The Morgan fingerprint density at radius 2 is 1.41 bits per heavy atom. The van der Waals surface area contributed by atoms with Crippen molar-refractivity contribution in [2.24, 2.45) is 0 Å².